The summed E-state index contributed by atoms with van der Waals surface area (Å²) in [6.45, 7) is 10.1. The maximum Gasteiger partial charge on any atom is 0.409 e. The number of nitrogens with one attached hydrogen (secondary N) is 1. The van der Waals surface area contributed by atoms with Crippen LogP contribution in [0.5, 0.6) is 0 Å². The fourth-order valence-corrected chi connectivity index (χ4v) is 3.19. The van der Waals surface area contributed by atoms with Gasteiger partial charge in [0.05, 0.1) is 19.8 Å². The van der Waals surface area contributed by atoms with E-state index in [1.807, 2.05) is 6.92 Å². The van der Waals surface area contributed by atoms with Gasteiger partial charge in [-0.2, -0.15) is 0 Å². The van der Waals surface area contributed by atoms with Gasteiger partial charge in [-0.15, -0.1) is 24.0 Å². The number of hydrogen-bond donors (Lipinski definition) is 1. The van der Waals surface area contributed by atoms with Crippen molar-refractivity contribution in [2.24, 2.45) is 4.99 Å². The molecule has 0 radical (unpaired) electrons. The Hall–Kier alpha value is -1.34. The van der Waals surface area contributed by atoms with E-state index in [0.29, 0.717) is 32.8 Å². The van der Waals surface area contributed by atoms with E-state index in [0.717, 1.165) is 51.8 Å². The summed E-state index contributed by atoms with van der Waals surface area (Å²) in [4.78, 5) is 36.1. The molecule has 0 aromatic rings. The van der Waals surface area contributed by atoms with Crippen LogP contribution >= 0.6 is 24.0 Å². The number of ether oxygens (including phenoxy) is 2. The molecule has 2 amide bonds. The first-order valence-corrected chi connectivity index (χ1v) is 10.5. The molecule has 10 nitrogen and oxygen atoms in total. The molecule has 11 heteroatoms. The molecule has 0 unspecified atom stereocenters. The lowest BCUT2D eigenvalue weighted by atomic mass is 10.3. The number of likely N-dealkylation sites (N-methyl/N-ethyl adjacent to an activating group) is 1. The Labute approximate surface area is 196 Å². The number of hydrogen-bond acceptors (Lipinski definition) is 6. The lowest BCUT2D eigenvalue weighted by Crippen LogP contribution is -2.54. The van der Waals surface area contributed by atoms with Crippen LogP contribution in [0.2, 0.25) is 0 Å². The summed E-state index contributed by atoms with van der Waals surface area (Å²) >= 11 is 0. The summed E-state index contributed by atoms with van der Waals surface area (Å²) < 4.78 is 10.5. The van der Waals surface area contributed by atoms with Gasteiger partial charge in [0.25, 0.3) is 0 Å². The fraction of sp³-hybridized carbons (Fsp3) is 0.842. The normalized spacial score (nSPS) is 17.9. The van der Waals surface area contributed by atoms with E-state index in [-0.39, 0.29) is 42.5 Å². The van der Waals surface area contributed by atoms with Gasteiger partial charge in [-0.25, -0.2) is 9.79 Å². The van der Waals surface area contributed by atoms with Gasteiger partial charge in [0.15, 0.2) is 5.96 Å². The van der Waals surface area contributed by atoms with Crippen molar-refractivity contribution in [3.05, 3.63) is 0 Å². The van der Waals surface area contributed by atoms with Crippen molar-refractivity contribution in [1.29, 1.82) is 0 Å². The van der Waals surface area contributed by atoms with Crippen LogP contribution in [0.15, 0.2) is 4.99 Å². The minimum atomic E-state index is -0.271. The van der Waals surface area contributed by atoms with Crippen molar-refractivity contribution >= 4 is 41.9 Å². The summed E-state index contributed by atoms with van der Waals surface area (Å²) in [5, 5.41) is 3.41. The zero-order chi connectivity index (χ0) is 21.1. The topological polar surface area (TPSA) is 90.0 Å². The molecule has 0 spiro atoms. The van der Waals surface area contributed by atoms with Crippen molar-refractivity contribution in [3.63, 3.8) is 0 Å². The highest BCUT2D eigenvalue weighted by atomic mass is 127. The minimum Gasteiger partial charge on any atom is -0.450 e. The van der Waals surface area contributed by atoms with E-state index in [1.165, 1.54) is 4.90 Å². The third-order valence-corrected chi connectivity index (χ3v) is 5.01. The molecule has 0 aromatic heterocycles. The number of nitrogens with zero attached hydrogens (tertiary/aromatic N) is 5. The molecule has 2 aliphatic rings. The Bertz CT molecular complexity index is 549. The quantitative estimate of drug-likeness (QED) is 0.213. The van der Waals surface area contributed by atoms with Crippen molar-refractivity contribution in [2.45, 2.75) is 13.3 Å². The van der Waals surface area contributed by atoms with Gasteiger partial charge in [-0.1, -0.05) is 0 Å². The van der Waals surface area contributed by atoms with Crippen LogP contribution in [0.4, 0.5) is 4.79 Å². The number of carbonyl (C=O) groups is 2. The van der Waals surface area contributed by atoms with Crippen molar-refractivity contribution in [1.82, 2.24) is 24.9 Å². The Kier molecular flexibility index (Phi) is 13.0. The highest BCUT2D eigenvalue weighted by Crippen LogP contribution is 2.05. The fourth-order valence-electron chi connectivity index (χ4n) is 3.19. The van der Waals surface area contributed by atoms with Gasteiger partial charge in [-0.05, 0) is 19.9 Å². The van der Waals surface area contributed by atoms with Gasteiger partial charge < -0.3 is 29.5 Å². The molecule has 0 atom stereocenters. The second-order valence-electron chi connectivity index (χ2n) is 7.34. The van der Waals surface area contributed by atoms with Gasteiger partial charge in [0.2, 0.25) is 5.91 Å². The van der Waals surface area contributed by atoms with E-state index >= 15 is 0 Å². The van der Waals surface area contributed by atoms with Gasteiger partial charge in [-0.3, -0.25) is 9.69 Å². The highest BCUT2D eigenvalue weighted by molar-refractivity contribution is 14.0. The van der Waals surface area contributed by atoms with E-state index in [2.05, 4.69) is 20.1 Å². The molecule has 2 fully saturated rings. The third kappa shape index (κ3) is 9.21. The van der Waals surface area contributed by atoms with Crippen molar-refractivity contribution < 1.29 is 19.1 Å². The Balaban J connectivity index is 0.00000450. The number of rotatable bonds is 7. The summed E-state index contributed by atoms with van der Waals surface area (Å²) in [6.07, 6.45) is 0.718. The van der Waals surface area contributed by atoms with Gasteiger partial charge >= 0.3 is 6.09 Å². The van der Waals surface area contributed by atoms with Crippen LogP contribution in [0.1, 0.15) is 13.3 Å². The Morgan fingerprint density at radius 2 is 1.70 bits per heavy atom. The predicted molar refractivity (Wildman–Crippen MR) is 126 cm³/mol. The van der Waals surface area contributed by atoms with Crippen molar-refractivity contribution in [3.8, 4) is 0 Å². The monoisotopic (exact) mass is 540 g/mol. The van der Waals surface area contributed by atoms with Crippen LogP contribution in [0.25, 0.3) is 0 Å². The number of guanidine groups is 1. The average molecular weight is 540 g/mol. The zero-order valence-electron chi connectivity index (χ0n) is 18.5. The molecule has 174 valence electrons. The SMILES string of the molecule is CCOC(=O)N1CCN(C(=NCC(=O)N(C)C)NCCCN2CCOCC2)CC1.I. The van der Waals surface area contributed by atoms with E-state index in [9.17, 15) is 9.59 Å². The Morgan fingerprint density at radius 1 is 1.07 bits per heavy atom. The summed E-state index contributed by atoms with van der Waals surface area (Å²) in [5.41, 5.74) is 0. The lowest BCUT2D eigenvalue weighted by molar-refractivity contribution is -0.127. The van der Waals surface area contributed by atoms with Crippen LogP contribution in [0.3, 0.4) is 0 Å². The summed E-state index contributed by atoms with van der Waals surface area (Å²) in [7, 11) is 3.46. The summed E-state index contributed by atoms with van der Waals surface area (Å²) in [6, 6.07) is 0. The smallest absolute Gasteiger partial charge is 0.409 e. The standard InChI is InChI=1S/C19H36N6O4.HI/c1-4-29-19(27)25-10-8-24(9-11-25)18(21-16-17(26)22(2)3)20-6-5-7-23-12-14-28-15-13-23;/h4-16H2,1-3H3,(H,20,21);1H. The molecule has 0 bridgehead atoms. The number of amides is 2. The van der Waals surface area contributed by atoms with Gasteiger partial charge in [0, 0.05) is 59.9 Å². The second-order valence-corrected chi connectivity index (χ2v) is 7.34. The van der Waals surface area contributed by atoms with Gasteiger partial charge in [0.1, 0.15) is 6.54 Å². The molecule has 2 saturated heterocycles. The first-order valence-electron chi connectivity index (χ1n) is 10.5. The average Bonchev–Trinajstić information content (AvgIpc) is 2.74. The number of piperazine rings is 1. The molecular formula is C19H37IN6O4. The maximum atomic E-state index is 12.0. The number of halogens is 1. The van der Waals surface area contributed by atoms with Crippen LogP contribution < -0.4 is 5.32 Å². The number of aliphatic imine (C=N–C) groups is 1. The maximum absolute atomic E-state index is 12.0. The van der Waals surface area contributed by atoms with Crippen molar-refractivity contribution in [2.75, 3.05) is 92.8 Å². The second kappa shape index (κ2) is 14.6. The van der Waals surface area contributed by atoms with Crippen LogP contribution in [-0.2, 0) is 14.3 Å². The van der Waals surface area contributed by atoms with Crippen LogP contribution in [0, 0.1) is 0 Å². The zero-order valence-corrected chi connectivity index (χ0v) is 20.8. The molecule has 1 N–H and O–H groups in total. The molecule has 0 saturated carbocycles. The molecular weight excluding hydrogens is 503 g/mol. The van der Waals surface area contributed by atoms with Crippen LogP contribution in [-0.4, -0.2) is 130 Å². The first kappa shape index (κ1) is 26.7. The number of morpholine rings is 1. The minimum absolute atomic E-state index is 0. The lowest BCUT2D eigenvalue weighted by Gasteiger charge is -2.36. The molecule has 30 heavy (non-hydrogen) atoms. The molecule has 2 aliphatic heterocycles. The molecule has 2 heterocycles. The number of carbonyl (C=O) groups excluding carboxylic acids is 2. The largest absolute Gasteiger partial charge is 0.450 e. The van der Waals surface area contributed by atoms with E-state index < -0.39 is 0 Å². The summed E-state index contributed by atoms with van der Waals surface area (Å²) in [5.74, 6) is 0.688. The highest BCUT2D eigenvalue weighted by Gasteiger charge is 2.24. The molecule has 0 aliphatic carbocycles. The predicted octanol–water partition coefficient (Wildman–Crippen LogP) is 0.135. The molecule has 0 aromatic carbocycles. The van der Waals surface area contributed by atoms with E-state index in [4.69, 9.17) is 9.47 Å². The Morgan fingerprint density at radius 3 is 2.30 bits per heavy atom. The third-order valence-electron chi connectivity index (χ3n) is 5.01. The molecule has 2 rings (SSSR count). The van der Waals surface area contributed by atoms with E-state index in [1.54, 1.807) is 19.0 Å². The first-order chi connectivity index (χ1) is 14.0.